The van der Waals surface area contributed by atoms with E-state index in [2.05, 4.69) is 17.6 Å². The fraction of sp³-hybridized carbons (Fsp3) is 0.391. The molecule has 0 aliphatic heterocycles. The van der Waals surface area contributed by atoms with Gasteiger partial charge in [-0.25, -0.2) is 0 Å². The number of amides is 2. The largest absolute Gasteiger partial charge is 0.494 e. The molecule has 0 heterocycles. The van der Waals surface area contributed by atoms with Crippen LogP contribution in [-0.4, -0.2) is 18.4 Å². The Morgan fingerprint density at radius 1 is 0.929 bits per heavy atom. The van der Waals surface area contributed by atoms with Gasteiger partial charge in [0.05, 0.1) is 6.61 Å². The van der Waals surface area contributed by atoms with Gasteiger partial charge in [-0.2, -0.15) is 0 Å². The number of hydrogen-bond donors (Lipinski definition) is 2. The predicted molar refractivity (Wildman–Crippen MR) is 114 cm³/mol. The van der Waals surface area contributed by atoms with Gasteiger partial charge in [0.25, 0.3) is 5.91 Å². The third-order valence-electron chi connectivity index (χ3n) is 4.30. The van der Waals surface area contributed by atoms with Crippen LogP contribution in [0.5, 0.6) is 5.75 Å². The van der Waals surface area contributed by atoms with Crippen molar-refractivity contribution >= 4 is 23.2 Å². The molecule has 2 aromatic carbocycles. The molecule has 2 rings (SSSR count). The average Bonchev–Trinajstić information content (AvgIpc) is 2.68. The molecule has 0 saturated carbocycles. The van der Waals surface area contributed by atoms with E-state index in [9.17, 15) is 9.59 Å². The van der Waals surface area contributed by atoms with Crippen LogP contribution < -0.4 is 15.4 Å². The Kier molecular flexibility index (Phi) is 8.53. The van der Waals surface area contributed by atoms with Crippen LogP contribution >= 0.6 is 0 Å². The second-order valence-electron chi connectivity index (χ2n) is 7.11. The maximum atomic E-state index is 12.5. The number of hydrogen-bond acceptors (Lipinski definition) is 3. The van der Waals surface area contributed by atoms with E-state index in [-0.39, 0.29) is 17.7 Å². The van der Waals surface area contributed by atoms with Crippen LogP contribution in [0, 0.1) is 5.92 Å². The summed E-state index contributed by atoms with van der Waals surface area (Å²) in [6, 6.07) is 14.2. The molecule has 0 unspecified atom stereocenters. The summed E-state index contributed by atoms with van der Waals surface area (Å²) in [5.74, 6) is 0.396. The summed E-state index contributed by atoms with van der Waals surface area (Å²) in [6.45, 7) is 6.54. The molecule has 150 valence electrons. The maximum absolute atomic E-state index is 12.5. The van der Waals surface area contributed by atoms with Crippen LogP contribution in [0.2, 0.25) is 0 Å². The van der Waals surface area contributed by atoms with Crippen LogP contribution in [0.15, 0.2) is 48.5 Å². The van der Waals surface area contributed by atoms with Gasteiger partial charge in [0.2, 0.25) is 5.91 Å². The molecule has 0 atom stereocenters. The van der Waals surface area contributed by atoms with Crippen molar-refractivity contribution in [3.8, 4) is 5.75 Å². The van der Waals surface area contributed by atoms with E-state index in [1.54, 1.807) is 36.4 Å². The molecular formula is C23H30N2O3. The van der Waals surface area contributed by atoms with E-state index >= 15 is 0 Å². The van der Waals surface area contributed by atoms with Gasteiger partial charge in [-0.05, 0) is 48.9 Å². The van der Waals surface area contributed by atoms with Gasteiger partial charge >= 0.3 is 0 Å². The molecule has 0 spiro atoms. The first-order valence-electron chi connectivity index (χ1n) is 9.94. The summed E-state index contributed by atoms with van der Waals surface area (Å²) in [7, 11) is 0. The number of carbonyl (C=O) groups is 2. The molecular weight excluding hydrogens is 352 g/mol. The van der Waals surface area contributed by atoms with Gasteiger partial charge in [0.15, 0.2) is 0 Å². The quantitative estimate of drug-likeness (QED) is 0.534. The lowest BCUT2D eigenvalue weighted by Crippen LogP contribution is -2.18. The first-order valence-corrected chi connectivity index (χ1v) is 9.94. The summed E-state index contributed by atoms with van der Waals surface area (Å²) >= 11 is 0. The minimum Gasteiger partial charge on any atom is -0.494 e. The van der Waals surface area contributed by atoms with Crippen LogP contribution in [0.1, 0.15) is 56.8 Å². The molecule has 28 heavy (non-hydrogen) atoms. The number of benzene rings is 2. The zero-order valence-corrected chi connectivity index (χ0v) is 17.0. The van der Waals surface area contributed by atoms with Crippen molar-refractivity contribution in [3.05, 3.63) is 54.1 Å². The van der Waals surface area contributed by atoms with Crippen molar-refractivity contribution in [1.82, 2.24) is 0 Å². The van der Waals surface area contributed by atoms with Gasteiger partial charge < -0.3 is 15.4 Å². The average molecular weight is 383 g/mol. The van der Waals surface area contributed by atoms with Gasteiger partial charge in [0.1, 0.15) is 5.75 Å². The smallest absolute Gasteiger partial charge is 0.255 e. The first-order chi connectivity index (χ1) is 13.5. The van der Waals surface area contributed by atoms with Crippen LogP contribution in [0.3, 0.4) is 0 Å². The van der Waals surface area contributed by atoms with Crippen molar-refractivity contribution < 1.29 is 14.3 Å². The fourth-order valence-electron chi connectivity index (χ4n) is 2.59. The van der Waals surface area contributed by atoms with Crippen molar-refractivity contribution in [3.63, 3.8) is 0 Å². The number of unbranched alkanes of at least 4 members (excludes halogenated alkanes) is 3. The summed E-state index contributed by atoms with van der Waals surface area (Å²) in [6.07, 6.45) is 4.65. The third kappa shape index (κ3) is 7.06. The fourth-order valence-corrected chi connectivity index (χ4v) is 2.59. The zero-order valence-electron chi connectivity index (χ0n) is 17.0. The summed E-state index contributed by atoms with van der Waals surface area (Å²) in [4.78, 5) is 24.3. The SMILES string of the molecule is CCCCCCOc1ccc(C(=O)Nc2cccc(NC(=O)C(C)C)c2)cc1. The Labute approximate surface area is 167 Å². The normalized spacial score (nSPS) is 10.6. The molecule has 5 nitrogen and oxygen atoms in total. The Morgan fingerprint density at radius 3 is 2.25 bits per heavy atom. The third-order valence-corrected chi connectivity index (χ3v) is 4.30. The van der Waals surface area contributed by atoms with Gasteiger partial charge in [0, 0.05) is 22.9 Å². The highest BCUT2D eigenvalue weighted by Gasteiger charge is 2.09. The number of ether oxygens (including phenoxy) is 1. The minimum atomic E-state index is -0.207. The second-order valence-corrected chi connectivity index (χ2v) is 7.11. The summed E-state index contributed by atoms with van der Waals surface area (Å²) in [5, 5.41) is 5.68. The highest BCUT2D eigenvalue weighted by atomic mass is 16.5. The topological polar surface area (TPSA) is 67.4 Å². The number of rotatable bonds is 10. The van der Waals surface area contributed by atoms with Crippen molar-refractivity contribution in [2.75, 3.05) is 17.2 Å². The predicted octanol–water partition coefficient (Wildman–Crippen LogP) is 5.49. The Hall–Kier alpha value is -2.82. The van der Waals surface area contributed by atoms with Gasteiger partial charge in [-0.1, -0.05) is 46.1 Å². The lowest BCUT2D eigenvalue weighted by molar-refractivity contribution is -0.118. The zero-order chi connectivity index (χ0) is 20.4. The first kappa shape index (κ1) is 21.5. The highest BCUT2D eigenvalue weighted by molar-refractivity contribution is 6.04. The molecule has 2 aromatic rings. The molecule has 2 N–H and O–H groups in total. The van der Waals surface area contributed by atoms with Crippen molar-refractivity contribution in [2.45, 2.75) is 46.5 Å². The lowest BCUT2D eigenvalue weighted by atomic mass is 10.2. The molecule has 2 amide bonds. The van der Waals surface area contributed by atoms with E-state index in [1.807, 2.05) is 26.0 Å². The van der Waals surface area contributed by atoms with E-state index in [4.69, 9.17) is 4.74 Å². The molecule has 0 fully saturated rings. The molecule has 5 heteroatoms. The second kappa shape index (κ2) is 11.1. The maximum Gasteiger partial charge on any atom is 0.255 e. The Morgan fingerprint density at radius 2 is 1.61 bits per heavy atom. The molecule has 0 aliphatic rings. The monoisotopic (exact) mass is 382 g/mol. The van der Waals surface area contributed by atoms with E-state index in [0.717, 1.165) is 12.2 Å². The van der Waals surface area contributed by atoms with Crippen molar-refractivity contribution in [2.24, 2.45) is 5.92 Å². The lowest BCUT2D eigenvalue weighted by Gasteiger charge is -2.11. The number of anilines is 2. The molecule has 0 saturated heterocycles. The van der Waals surface area contributed by atoms with Gasteiger partial charge in [-0.3, -0.25) is 9.59 Å². The van der Waals surface area contributed by atoms with E-state index in [0.29, 0.717) is 23.5 Å². The van der Waals surface area contributed by atoms with Crippen LogP contribution in [0.4, 0.5) is 11.4 Å². The number of carbonyl (C=O) groups excluding carboxylic acids is 2. The van der Waals surface area contributed by atoms with E-state index in [1.165, 1.54) is 19.3 Å². The molecule has 0 radical (unpaired) electrons. The molecule has 0 aliphatic carbocycles. The summed E-state index contributed by atoms with van der Waals surface area (Å²) in [5.41, 5.74) is 1.83. The Balaban J connectivity index is 1.89. The van der Waals surface area contributed by atoms with Crippen LogP contribution in [0.25, 0.3) is 0 Å². The Bertz CT molecular complexity index is 770. The summed E-state index contributed by atoms with van der Waals surface area (Å²) < 4.78 is 5.71. The van der Waals surface area contributed by atoms with E-state index < -0.39 is 0 Å². The highest BCUT2D eigenvalue weighted by Crippen LogP contribution is 2.18. The number of nitrogens with one attached hydrogen (secondary N) is 2. The van der Waals surface area contributed by atoms with Crippen LogP contribution in [-0.2, 0) is 4.79 Å². The molecule has 0 bridgehead atoms. The van der Waals surface area contributed by atoms with Gasteiger partial charge in [-0.15, -0.1) is 0 Å². The minimum absolute atomic E-state index is 0.0613. The standard InChI is InChI=1S/C23H30N2O3/c1-4-5-6-7-15-28-21-13-11-18(12-14-21)23(27)25-20-10-8-9-19(16-20)24-22(26)17(2)3/h8-14,16-17H,4-7,15H2,1-3H3,(H,24,26)(H,25,27). The molecule has 0 aromatic heterocycles. The van der Waals surface area contributed by atoms with Crippen molar-refractivity contribution in [1.29, 1.82) is 0 Å².